The third kappa shape index (κ3) is 5.15. The van der Waals surface area contributed by atoms with Gasteiger partial charge in [0.05, 0.1) is 28.8 Å². The summed E-state index contributed by atoms with van der Waals surface area (Å²) in [6.07, 6.45) is -3.46. The maximum absolute atomic E-state index is 10.8. The Bertz CT molecular complexity index is 705. The van der Waals surface area contributed by atoms with Crippen LogP contribution in [-0.2, 0) is 14.3 Å². The molecule has 0 aromatic heterocycles. The fourth-order valence-electron chi connectivity index (χ4n) is 2.37. The highest BCUT2D eigenvalue weighted by molar-refractivity contribution is 7.99. The highest BCUT2D eigenvalue weighted by Gasteiger charge is 2.46. The van der Waals surface area contributed by atoms with Crippen molar-refractivity contribution in [3.05, 3.63) is 38.7 Å². The van der Waals surface area contributed by atoms with E-state index in [-0.39, 0.29) is 0 Å². The van der Waals surface area contributed by atoms with E-state index >= 15 is 0 Å². The predicted octanol–water partition coefficient (Wildman–Crippen LogP) is 2.31. The maximum Gasteiger partial charge on any atom is 0.329 e. The van der Waals surface area contributed by atoms with E-state index in [1.54, 1.807) is 18.2 Å². The number of aliphatic carboxylic acids is 1. The van der Waals surface area contributed by atoms with Crippen LogP contribution in [0.5, 0.6) is 0 Å². The van der Waals surface area contributed by atoms with Crippen LogP contribution in [0.1, 0.15) is 0 Å². The summed E-state index contributed by atoms with van der Waals surface area (Å²) < 4.78 is 10.9. The molecule has 1 fully saturated rings. The molecule has 1 aliphatic heterocycles. The van der Waals surface area contributed by atoms with Gasteiger partial charge in [0.15, 0.2) is 0 Å². The van der Waals surface area contributed by atoms with Gasteiger partial charge in [0, 0.05) is 9.81 Å². The van der Waals surface area contributed by atoms with Gasteiger partial charge in [-0.25, -0.2) is 4.79 Å². The monoisotopic (exact) mass is 423 g/mol. The number of benzene rings is 1. The molecular formula is C14H15Cl2N3O6S. The summed E-state index contributed by atoms with van der Waals surface area (Å²) in [6.45, 7) is -1.21. The first-order chi connectivity index (χ1) is 12.4. The number of carboxylic acid groups (broad SMARTS) is 1. The van der Waals surface area contributed by atoms with E-state index in [1.807, 2.05) is 0 Å². The van der Waals surface area contributed by atoms with E-state index in [2.05, 4.69) is 10.0 Å². The van der Waals surface area contributed by atoms with Crippen LogP contribution in [-0.4, -0.2) is 64.3 Å². The van der Waals surface area contributed by atoms with Gasteiger partial charge in [-0.3, -0.25) is 0 Å². The minimum Gasteiger partial charge on any atom is -0.480 e. The Morgan fingerprint density at radius 2 is 2.15 bits per heavy atom. The molecule has 0 aliphatic carbocycles. The Morgan fingerprint density at radius 3 is 2.73 bits per heavy atom. The van der Waals surface area contributed by atoms with Crippen LogP contribution in [0.25, 0.3) is 10.4 Å². The van der Waals surface area contributed by atoms with Gasteiger partial charge in [0.2, 0.25) is 0 Å². The van der Waals surface area contributed by atoms with Crippen molar-refractivity contribution in [3.63, 3.8) is 0 Å². The number of ether oxygens (including phenoxy) is 2. The number of halogens is 2. The number of hydrogen-bond donors (Lipinski definition) is 3. The number of carboxylic acids is 1. The van der Waals surface area contributed by atoms with Crippen molar-refractivity contribution in [1.82, 2.24) is 0 Å². The van der Waals surface area contributed by atoms with Crippen LogP contribution >= 0.6 is 35.0 Å². The zero-order valence-corrected chi connectivity index (χ0v) is 15.4. The topological polar surface area (TPSA) is 145 Å². The molecule has 1 saturated heterocycles. The first-order valence-electron chi connectivity index (χ1n) is 7.31. The normalized spacial score (nSPS) is 28.4. The van der Waals surface area contributed by atoms with Crippen molar-refractivity contribution in [2.75, 3.05) is 13.2 Å². The molecule has 1 aromatic rings. The van der Waals surface area contributed by atoms with Crippen molar-refractivity contribution in [1.29, 1.82) is 0 Å². The molecule has 26 heavy (non-hydrogen) atoms. The van der Waals surface area contributed by atoms with Crippen LogP contribution in [0, 0.1) is 0 Å². The van der Waals surface area contributed by atoms with Gasteiger partial charge >= 0.3 is 5.97 Å². The Balaban J connectivity index is 2.31. The summed E-state index contributed by atoms with van der Waals surface area (Å²) in [5.74, 6) is -1.23. The quantitative estimate of drug-likeness (QED) is 0.346. The zero-order valence-electron chi connectivity index (χ0n) is 13.1. The molecular weight excluding hydrogens is 409 g/mol. The van der Waals surface area contributed by atoms with Crippen LogP contribution in [0.3, 0.4) is 0 Å². The van der Waals surface area contributed by atoms with Crippen LogP contribution in [0.15, 0.2) is 28.2 Å². The number of azide groups is 1. The molecule has 12 heteroatoms. The summed E-state index contributed by atoms with van der Waals surface area (Å²) in [6, 6.07) is 3.67. The number of aliphatic hydroxyl groups is 2. The lowest BCUT2D eigenvalue weighted by Gasteiger charge is -2.42. The molecule has 1 aromatic carbocycles. The van der Waals surface area contributed by atoms with Gasteiger partial charge in [0.25, 0.3) is 0 Å². The number of nitrogens with zero attached hydrogens (tertiary/aromatic N) is 3. The molecule has 1 aliphatic rings. The van der Waals surface area contributed by atoms with Crippen molar-refractivity contribution in [2.24, 2.45) is 5.11 Å². The molecule has 3 N–H and O–H groups in total. The third-order valence-corrected chi connectivity index (χ3v) is 5.43. The van der Waals surface area contributed by atoms with E-state index in [0.29, 0.717) is 14.9 Å². The zero-order chi connectivity index (χ0) is 19.3. The number of rotatable bonds is 7. The second-order valence-corrected chi connectivity index (χ2v) is 7.26. The summed E-state index contributed by atoms with van der Waals surface area (Å²) in [4.78, 5) is 14.1. The van der Waals surface area contributed by atoms with Gasteiger partial charge in [-0.1, -0.05) is 40.1 Å². The van der Waals surface area contributed by atoms with Crippen molar-refractivity contribution in [3.8, 4) is 0 Å². The number of hydrogen-bond acceptors (Lipinski definition) is 7. The van der Waals surface area contributed by atoms with E-state index in [1.165, 1.54) is 0 Å². The fraction of sp³-hybridized carbons (Fsp3) is 0.500. The SMILES string of the molecule is [N-]=[N+]=NC1[C@@H](O)[C@@H](CO)O[C@H](Sc2ccc(Cl)c(Cl)c2)[C@@H]1OCC(=O)O. The Hall–Kier alpha value is -1.23. The first-order valence-corrected chi connectivity index (χ1v) is 8.94. The number of thioether (sulfide) groups is 1. The van der Waals surface area contributed by atoms with Crippen molar-refractivity contribution in [2.45, 2.75) is 34.7 Å². The number of carbonyl (C=O) groups is 1. The summed E-state index contributed by atoms with van der Waals surface area (Å²) >= 11 is 13.0. The smallest absolute Gasteiger partial charge is 0.329 e. The van der Waals surface area contributed by atoms with Crippen molar-refractivity contribution < 1.29 is 29.6 Å². The van der Waals surface area contributed by atoms with E-state index in [4.69, 9.17) is 43.3 Å². The predicted molar refractivity (Wildman–Crippen MR) is 94.4 cm³/mol. The minimum absolute atomic E-state index is 0.306. The summed E-state index contributed by atoms with van der Waals surface area (Å²) in [7, 11) is 0. The largest absolute Gasteiger partial charge is 0.480 e. The lowest BCUT2D eigenvalue weighted by Crippen LogP contribution is -2.57. The molecule has 1 heterocycles. The average Bonchev–Trinajstić information content (AvgIpc) is 2.60. The molecule has 1 unspecified atom stereocenters. The lowest BCUT2D eigenvalue weighted by atomic mass is 9.98. The second kappa shape index (κ2) is 9.63. The van der Waals surface area contributed by atoms with E-state index in [0.717, 1.165) is 11.8 Å². The Kier molecular flexibility index (Phi) is 7.81. The number of aliphatic hydroxyl groups excluding tert-OH is 2. The Morgan fingerprint density at radius 1 is 1.42 bits per heavy atom. The molecule has 0 radical (unpaired) electrons. The van der Waals surface area contributed by atoms with Gasteiger partial charge in [-0.05, 0) is 23.7 Å². The summed E-state index contributed by atoms with van der Waals surface area (Å²) in [5, 5.41) is 32.7. The molecule has 9 nitrogen and oxygen atoms in total. The van der Waals surface area contributed by atoms with Gasteiger partial charge < -0.3 is 24.8 Å². The van der Waals surface area contributed by atoms with Crippen LogP contribution in [0.4, 0.5) is 0 Å². The first kappa shape index (κ1) is 21.1. The third-order valence-electron chi connectivity index (χ3n) is 3.55. The molecule has 2 rings (SSSR count). The molecule has 142 valence electrons. The van der Waals surface area contributed by atoms with Gasteiger partial charge in [-0.2, -0.15) is 0 Å². The lowest BCUT2D eigenvalue weighted by molar-refractivity contribution is -0.181. The highest BCUT2D eigenvalue weighted by Crippen LogP contribution is 2.37. The van der Waals surface area contributed by atoms with Crippen molar-refractivity contribution >= 4 is 40.9 Å². The summed E-state index contributed by atoms with van der Waals surface area (Å²) in [5.41, 5.74) is 7.89. The molecule has 0 bridgehead atoms. The average molecular weight is 424 g/mol. The molecule has 5 atom stereocenters. The molecule has 0 spiro atoms. The van der Waals surface area contributed by atoms with Gasteiger partial charge in [0.1, 0.15) is 24.3 Å². The maximum atomic E-state index is 10.8. The highest BCUT2D eigenvalue weighted by atomic mass is 35.5. The minimum atomic E-state index is -1.36. The van der Waals surface area contributed by atoms with Crippen LogP contribution < -0.4 is 0 Å². The fourth-order valence-corrected chi connectivity index (χ4v) is 3.91. The van der Waals surface area contributed by atoms with Crippen LogP contribution in [0.2, 0.25) is 10.0 Å². The molecule has 0 amide bonds. The standard InChI is InChI=1S/C14H15Cl2N3O6S/c15-7-2-1-6(3-8(7)16)26-14-13(24-5-10(21)22)11(18-19-17)12(23)9(4-20)25-14/h1-3,9,11-14,20,23H,4-5H2,(H,21,22)/t9-,11?,12+,13-,14-/m1/s1. The van der Waals surface area contributed by atoms with Gasteiger partial charge in [-0.15, -0.1) is 0 Å². The second-order valence-electron chi connectivity index (χ2n) is 5.27. The molecule has 0 saturated carbocycles. The van der Waals surface area contributed by atoms with E-state index in [9.17, 15) is 15.0 Å². The Labute approximate surface area is 162 Å². The van der Waals surface area contributed by atoms with E-state index < -0.39 is 49.0 Å².